The van der Waals surface area contributed by atoms with E-state index in [4.69, 9.17) is 4.74 Å². The number of benzene rings is 1. The van der Waals surface area contributed by atoms with Gasteiger partial charge < -0.3 is 15.2 Å². The van der Waals surface area contributed by atoms with E-state index < -0.39 is 6.10 Å². The Morgan fingerprint density at radius 1 is 1.22 bits per heavy atom. The number of rotatable bonds is 8. The molecule has 1 aromatic heterocycles. The Hall–Kier alpha value is -1.07. The molecule has 0 aliphatic heterocycles. The fourth-order valence-electron chi connectivity index (χ4n) is 2.27. The zero-order chi connectivity index (χ0) is 16.0. The molecule has 0 radical (unpaired) electrons. The molecule has 128 valence electrons. The molecule has 0 spiro atoms. The van der Waals surface area contributed by atoms with Crippen LogP contribution in [0, 0.1) is 6.92 Å². The second-order valence-electron chi connectivity index (χ2n) is 6.25. The van der Waals surface area contributed by atoms with Crippen molar-refractivity contribution >= 4 is 23.7 Å². The first-order valence-electron chi connectivity index (χ1n) is 7.60. The summed E-state index contributed by atoms with van der Waals surface area (Å²) in [5.74, 6) is 0.833. The van der Waals surface area contributed by atoms with Crippen LogP contribution in [0.2, 0.25) is 0 Å². The lowest BCUT2D eigenvalue weighted by atomic mass is 9.99. The average Bonchev–Trinajstić information content (AvgIpc) is 2.96. The van der Waals surface area contributed by atoms with Crippen LogP contribution < -0.4 is 10.1 Å². The second-order valence-corrected chi connectivity index (χ2v) is 7.28. The topological polar surface area (TPSA) is 41.5 Å². The lowest BCUT2D eigenvalue weighted by Crippen LogP contribution is -2.46. The molecule has 1 heterocycles. The summed E-state index contributed by atoms with van der Waals surface area (Å²) in [6.45, 7) is 7.13. The first-order valence-corrected chi connectivity index (χ1v) is 8.48. The van der Waals surface area contributed by atoms with Gasteiger partial charge in [-0.1, -0.05) is 24.3 Å². The van der Waals surface area contributed by atoms with Crippen LogP contribution >= 0.6 is 23.7 Å². The van der Waals surface area contributed by atoms with Crippen LogP contribution in [0.4, 0.5) is 0 Å². The Bertz CT molecular complexity index is 572. The van der Waals surface area contributed by atoms with Crippen LogP contribution in [0.1, 0.15) is 24.3 Å². The number of aryl methyl sites for hydroxylation is 1. The number of ether oxygens (including phenoxy) is 1. The Morgan fingerprint density at radius 2 is 1.96 bits per heavy atom. The van der Waals surface area contributed by atoms with Crippen molar-refractivity contribution in [1.82, 2.24) is 5.32 Å². The molecule has 1 aromatic carbocycles. The fraction of sp³-hybridized carbons (Fsp3) is 0.444. The predicted octanol–water partition coefficient (Wildman–Crippen LogP) is 3.83. The van der Waals surface area contributed by atoms with Crippen LogP contribution in [-0.2, 0) is 6.42 Å². The largest absolute Gasteiger partial charge is 0.491 e. The highest BCUT2D eigenvalue weighted by molar-refractivity contribution is 7.09. The third-order valence-electron chi connectivity index (χ3n) is 3.54. The van der Waals surface area contributed by atoms with Crippen molar-refractivity contribution in [3.63, 3.8) is 0 Å². The van der Waals surface area contributed by atoms with Gasteiger partial charge in [-0.05, 0) is 50.3 Å². The van der Waals surface area contributed by atoms with Crippen LogP contribution in [0.25, 0.3) is 0 Å². The van der Waals surface area contributed by atoms with E-state index in [1.54, 1.807) is 11.3 Å². The maximum atomic E-state index is 10.1. The smallest absolute Gasteiger partial charge is 0.122 e. The molecule has 3 nitrogen and oxygen atoms in total. The summed E-state index contributed by atoms with van der Waals surface area (Å²) in [4.78, 5) is 1.35. The van der Waals surface area contributed by atoms with Gasteiger partial charge in [0.25, 0.3) is 0 Å². The molecule has 2 aromatic rings. The zero-order valence-electron chi connectivity index (χ0n) is 13.9. The van der Waals surface area contributed by atoms with E-state index in [1.807, 2.05) is 31.2 Å². The second kappa shape index (κ2) is 9.28. The van der Waals surface area contributed by atoms with Gasteiger partial charge in [0.05, 0.1) is 0 Å². The zero-order valence-corrected chi connectivity index (χ0v) is 15.5. The van der Waals surface area contributed by atoms with Gasteiger partial charge in [0, 0.05) is 17.0 Å². The molecule has 0 aliphatic carbocycles. The van der Waals surface area contributed by atoms with Crippen molar-refractivity contribution in [1.29, 1.82) is 0 Å². The summed E-state index contributed by atoms with van der Waals surface area (Å²) in [6.07, 6.45) is 0.429. The number of aliphatic hydroxyl groups is 1. The Kier molecular flexibility index (Phi) is 8.06. The van der Waals surface area contributed by atoms with Gasteiger partial charge in [-0.15, -0.1) is 23.7 Å². The molecule has 0 bridgehead atoms. The summed E-state index contributed by atoms with van der Waals surface area (Å²) in [5.41, 5.74) is 1.04. The maximum absolute atomic E-state index is 10.1. The molecule has 0 fully saturated rings. The van der Waals surface area contributed by atoms with E-state index in [2.05, 4.69) is 36.7 Å². The Balaban J connectivity index is 0.00000264. The highest BCUT2D eigenvalue weighted by Gasteiger charge is 2.20. The van der Waals surface area contributed by atoms with Gasteiger partial charge >= 0.3 is 0 Å². The van der Waals surface area contributed by atoms with Gasteiger partial charge in [0.2, 0.25) is 0 Å². The highest BCUT2D eigenvalue weighted by Crippen LogP contribution is 2.18. The lowest BCUT2D eigenvalue weighted by Gasteiger charge is -2.27. The van der Waals surface area contributed by atoms with Crippen molar-refractivity contribution in [3.8, 4) is 5.75 Å². The first kappa shape index (κ1) is 20.0. The van der Waals surface area contributed by atoms with Gasteiger partial charge in [-0.2, -0.15) is 0 Å². The molecule has 0 saturated carbocycles. The van der Waals surface area contributed by atoms with Crippen LogP contribution in [0.15, 0.2) is 41.8 Å². The van der Waals surface area contributed by atoms with Crippen LogP contribution in [-0.4, -0.2) is 29.9 Å². The third kappa shape index (κ3) is 6.92. The SMILES string of the molecule is Cc1ccccc1OCC(O)CNC(C)(C)Cc1cccs1.Cl. The molecule has 0 amide bonds. The summed E-state index contributed by atoms with van der Waals surface area (Å²) in [6, 6.07) is 12.1. The normalized spacial score (nSPS) is 12.5. The number of hydrogen-bond acceptors (Lipinski definition) is 4. The number of thiophene rings is 1. The lowest BCUT2D eigenvalue weighted by molar-refractivity contribution is 0.0986. The first-order chi connectivity index (χ1) is 10.5. The number of hydrogen-bond donors (Lipinski definition) is 2. The van der Waals surface area contributed by atoms with E-state index >= 15 is 0 Å². The Morgan fingerprint density at radius 3 is 2.61 bits per heavy atom. The number of β-amino-alcohol motifs (C(OH)–C–C–N with tert-alkyl or cyclic N) is 1. The summed E-state index contributed by atoms with van der Waals surface area (Å²) < 4.78 is 5.68. The van der Waals surface area contributed by atoms with E-state index in [9.17, 15) is 5.11 Å². The summed E-state index contributed by atoms with van der Waals surface area (Å²) >= 11 is 1.77. The molecule has 1 unspecified atom stereocenters. The minimum atomic E-state index is -0.526. The number of aliphatic hydroxyl groups excluding tert-OH is 1. The standard InChI is InChI=1S/C18H25NO2S.ClH/c1-14-7-4-5-9-17(14)21-13-15(20)12-19-18(2,3)11-16-8-6-10-22-16;/h4-10,15,19-20H,11-13H2,1-3H3;1H. The van der Waals surface area contributed by atoms with Crippen LogP contribution in [0.5, 0.6) is 5.75 Å². The van der Waals surface area contributed by atoms with Crippen molar-refractivity contribution in [2.45, 2.75) is 38.8 Å². The summed E-state index contributed by atoms with van der Waals surface area (Å²) in [7, 11) is 0. The van der Waals surface area contributed by atoms with Gasteiger partial charge in [0.15, 0.2) is 0 Å². The van der Waals surface area contributed by atoms with Crippen molar-refractivity contribution in [2.75, 3.05) is 13.2 Å². The number of nitrogens with one attached hydrogen (secondary N) is 1. The fourth-order valence-corrected chi connectivity index (χ4v) is 3.20. The number of halogens is 1. The number of para-hydroxylation sites is 1. The predicted molar refractivity (Wildman–Crippen MR) is 100 cm³/mol. The quantitative estimate of drug-likeness (QED) is 0.756. The molecule has 1 atom stereocenters. The van der Waals surface area contributed by atoms with E-state index in [-0.39, 0.29) is 17.9 Å². The van der Waals surface area contributed by atoms with E-state index in [1.165, 1.54) is 4.88 Å². The van der Waals surface area contributed by atoms with Crippen LogP contribution in [0.3, 0.4) is 0 Å². The van der Waals surface area contributed by atoms with Crippen molar-refractivity contribution < 1.29 is 9.84 Å². The molecule has 0 aliphatic rings. The minimum absolute atomic E-state index is 0. The molecule has 23 heavy (non-hydrogen) atoms. The minimum Gasteiger partial charge on any atom is -0.491 e. The maximum Gasteiger partial charge on any atom is 0.122 e. The van der Waals surface area contributed by atoms with Gasteiger partial charge in [-0.3, -0.25) is 0 Å². The van der Waals surface area contributed by atoms with E-state index in [0.717, 1.165) is 17.7 Å². The van der Waals surface area contributed by atoms with Gasteiger partial charge in [-0.25, -0.2) is 0 Å². The molecule has 2 rings (SSSR count). The average molecular weight is 356 g/mol. The monoisotopic (exact) mass is 355 g/mol. The molecular formula is C18H26ClNO2S. The summed E-state index contributed by atoms with van der Waals surface area (Å²) in [5, 5.41) is 15.6. The van der Waals surface area contributed by atoms with E-state index in [0.29, 0.717) is 13.2 Å². The highest BCUT2D eigenvalue weighted by atomic mass is 35.5. The third-order valence-corrected chi connectivity index (χ3v) is 4.41. The molecule has 0 saturated heterocycles. The van der Waals surface area contributed by atoms with Gasteiger partial charge in [0.1, 0.15) is 18.5 Å². The van der Waals surface area contributed by atoms with Crippen molar-refractivity contribution in [2.24, 2.45) is 0 Å². The molecule has 2 N–H and O–H groups in total. The van der Waals surface area contributed by atoms with Crippen molar-refractivity contribution in [3.05, 3.63) is 52.2 Å². The Labute approximate surface area is 149 Å². The molecular weight excluding hydrogens is 330 g/mol. The molecule has 5 heteroatoms.